The maximum absolute atomic E-state index is 12.8. The second-order valence-corrected chi connectivity index (χ2v) is 5.93. The normalized spacial score (nSPS) is 17.4. The number of fused-ring (bicyclic) bond motifs is 1. The summed E-state index contributed by atoms with van der Waals surface area (Å²) in [5, 5.41) is 0. The van der Waals surface area contributed by atoms with E-state index in [0.717, 1.165) is 24.2 Å². The number of carbonyl (C=O) groups excluding carboxylic acids is 1. The van der Waals surface area contributed by atoms with Gasteiger partial charge in [0.1, 0.15) is 0 Å². The quantitative estimate of drug-likeness (QED) is 0.814. The van der Waals surface area contributed by atoms with Crippen molar-refractivity contribution in [3.05, 3.63) is 59.2 Å². The molecule has 21 heavy (non-hydrogen) atoms. The van der Waals surface area contributed by atoms with Crippen molar-refractivity contribution >= 4 is 17.3 Å². The van der Waals surface area contributed by atoms with Crippen molar-refractivity contribution in [2.75, 3.05) is 17.2 Å². The summed E-state index contributed by atoms with van der Waals surface area (Å²) in [5.74, 6) is 0.493. The van der Waals surface area contributed by atoms with E-state index < -0.39 is 0 Å². The topological polar surface area (TPSA) is 46.3 Å². The molecule has 1 unspecified atom stereocenters. The maximum atomic E-state index is 12.8. The summed E-state index contributed by atoms with van der Waals surface area (Å²) in [6.07, 6.45) is 1.02. The molecule has 1 aliphatic heterocycles. The van der Waals surface area contributed by atoms with E-state index in [1.807, 2.05) is 42.2 Å². The van der Waals surface area contributed by atoms with Gasteiger partial charge in [0, 0.05) is 23.5 Å². The lowest BCUT2D eigenvalue weighted by Crippen LogP contribution is -2.39. The van der Waals surface area contributed by atoms with E-state index in [1.165, 1.54) is 5.56 Å². The van der Waals surface area contributed by atoms with Crippen LogP contribution in [0.5, 0.6) is 0 Å². The van der Waals surface area contributed by atoms with Gasteiger partial charge in [0.2, 0.25) is 0 Å². The molecule has 2 aromatic rings. The summed E-state index contributed by atoms with van der Waals surface area (Å²) >= 11 is 0. The lowest BCUT2D eigenvalue weighted by molar-refractivity contribution is 0.0981. The van der Waals surface area contributed by atoms with Gasteiger partial charge >= 0.3 is 0 Å². The largest absolute Gasteiger partial charge is 0.398 e. The number of amides is 1. The highest BCUT2D eigenvalue weighted by atomic mass is 16.2. The minimum Gasteiger partial charge on any atom is -0.398 e. The molecule has 3 nitrogen and oxygen atoms in total. The number of benzene rings is 2. The minimum absolute atomic E-state index is 0.0284. The number of carbonyl (C=O) groups is 1. The van der Waals surface area contributed by atoms with Crippen molar-refractivity contribution in [1.29, 1.82) is 0 Å². The Morgan fingerprint density at radius 2 is 2.00 bits per heavy atom. The third-order valence-electron chi connectivity index (χ3n) is 4.12. The van der Waals surface area contributed by atoms with E-state index >= 15 is 0 Å². The highest BCUT2D eigenvalue weighted by Gasteiger charge is 2.26. The van der Waals surface area contributed by atoms with Crippen LogP contribution in [-0.4, -0.2) is 12.5 Å². The van der Waals surface area contributed by atoms with Gasteiger partial charge in [0.25, 0.3) is 5.91 Å². The fourth-order valence-corrected chi connectivity index (χ4v) is 2.92. The first-order chi connectivity index (χ1) is 10.1. The van der Waals surface area contributed by atoms with E-state index in [9.17, 15) is 4.79 Å². The van der Waals surface area contributed by atoms with Crippen molar-refractivity contribution in [3.8, 4) is 0 Å². The number of para-hydroxylation sites is 1. The third kappa shape index (κ3) is 2.51. The summed E-state index contributed by atoms with van der Waals surface area (Å²) in [4.78, 5) is 14.7. The Morgan fingerprint density at radius 3 is 2.76 bits per heavy atom. The number of aryl methyl sites for hydroxylation is 1. The Balaban J connectivity index is 1.99. The van der Waals surface area contributed by atoms with Crippen LogP contribution in [0.3, 0.4) is 0 Å². The molecule has 1 heterocycles. The molecule has 0 radical (unpaired) electrons. The standard InChI is InChI=1S/C18H20N2O/c1-12-9-14-5-3-4-6-17(14)20(11-12)18(21)15-8-7-13(2)16(19)10-15/h3-8,10,12H,9,11,19H2,1-2H3. The second kappa shape index (κ2) is 5.24. The SMILES string of the molecule is Cc1ccc(C(=O)N2CC(C)Cc3ccccc32)cc1N. The summed E-state index contributed by atoms with van der Waals surface area (Å²) in [6.45, 7) is 4.88. The molecule has 0 bridgehead atoms. The van der Waals surface area contributed by atoms with Crippen molar-refractivity contribution in [1.82, 2.24) is 0 Å². The molecule has 3 heteroatoms. The number of hydrogen-bond acceptors (Lipinski definition) is 2. The smallest absolute Gasteiger partial charge is 0.258 e. The van der Waals surface area contributed by atoms with Crippen molar-refractivity contribution in [2.45, 2.75) is 20.3 Å². The summed E-state index contributed by atoms with van der Waals surface area (Å²) in [6, 6.07) is 13.7. The first-order valence-electron chi connectivity index (χ1n) is 7.32. The van der Waals surface area contributed by atoms with E-state index in [2.05, 4.69) is 13.0 Å². The predicted octanol–water partition coefficient (Wildman–Crippen LogP) is 3.42. The molecule has 0 aliphatic carbocycles. The molecule has 0 fully saturated rings. The van der Waals surface area contributed by atoms with Gasteiger partial charge in [-0.2, -0.15) is 0 Å². The molecule has 1 aliphatic rings. The van der Waals surface area contributed by atoms with E-state index in [-0.39, 0.29) is 5.91 Å². The number of nitrogens with zero attached hydrogens (tertiary/aromatic N) is 1. The molecular formula is C18H20N2O. The van der Waals surface area contributed by atoms with Gasteiger partial charge in [0.05, 0.1) is 0 Å². The van der Waals surface area contributed by atoms with Crippen molar-refractivity contribution in [2.24, 2.45) is 5.92 Å². The summed E-state index contributed by atoms with van der Waals surface area (Å²) < 4.78 is 0. The van der Waals surface area contributed by atoms with Crippen LogP contribution in [0, 0.1) is 12.8 Å². The van der Waals surface area contributed by atoms with Gasteiger partial charge in [-0.3, -0.25) is 4.79 Å². The zero-order valence-electron chi connectivity index (χ0n) is 12.5. The molecule has 2 N–H and O–H groups in total. The number of anilines is 2. The molecule has 108 valence electrons. The Morgan fingerprint density at radius 1 is 1.24 bits per heavy atom. The highest BCUT2D eigenvalue weighted by Crippen LogP contribution is 2.30. The van der Waals surface area contributed by atoms with Crippen LogP contribution in [0.2, 0.25) is 0 Å². The van der Waals surface area contributed by atoms with E-state index in [4.69, 9.17) is 5.73 Å². The summed E-state index contributed by atoms with van der Waals surface area (Å²) in [5.41, 5.74) is 10.5. The average molecular weight is 280 g/mol. The third-order valence-corrected chi connectivity index (χ3v) is 4.12. The van der Waals surface area contributed by atoms with Gasteiger partial charge in [-0.15, -0.1) is 0 Å². The first kappa shape index (κ1) is 13.7. The number of nitrogen functional groups attached to an aromatic ring is 1. The van der Waals surface area contributed by atoms with E-state index in [0.29, 0.717) is 17.2 Å². The van der Waals surface area contributed by atoms with E-state index in [1.54, 1.807) is 6.07 Å². The molecule has 0 aromatic heterocycles. The van der Waals surface area contributed by atoms with Crippen molar-refractivity contribution < 1.29 is 4.79 Å². The monoisotopic (exact) mass is 280 g/mol. The molecule has 1 amide bonds. The van der Waals surface area contributed by atoms with Crippen molar-refractivity contribution in [3.63, 3.8) is 0 Å². The zero-order chi connectivity index (χ0) is 15.0. The molecule has 1 atom stereocenters. The predicted molar refractivity (Wildman–Crippen MR) is 86.6 cm³/mol. The van der Waals surface area contributed by atoms with Crippen LogP contribution in [0.25, 0.3) is 0 Å². The molecule has 3 rings (SSSR count). The Kier molecular flexibility index (Phi) is 3.42. The molecule has 0 spiro atoms. The first-order valence-corrected chi connectivity index (χ1v) is 7.32. The Bertz CT molecular complexity index is 693. The van der Waals surface area contributed by atoms with Crippen LogP contribution in [0.15, 0.2) is 42.5 Å². The Hall–Kier alpha value is -2.29. The van der Waals surface area contributed by atoms with Crippen LogP contribution < -0.4 is 10.6 Å². The fourth-order valence-electron chi connectivity index (χ4n) is 2.92. The van der Waals surface area contributed by atoms with Crippen LogP contribution >= 0.6 is 0 Å². The molecule has 0 saturated carbocycles. The second-order valence-electron chi connectivity index (χ2n) is 5.93. The Labute approximate surface area is 125 Å². The van der Waals surface area contributed by atoms with Gasteiger partial charge < -0.3 is 10.6 Å². The van der Waals surface area contributed by atoms with Crippen LogP contribution in [-0.2, 0) is 6.42 Å². The van der Waals surface area contributed by atoms with Crippen LogP contribution in [0.4, 0.5) is 11.4 Å². The molecule has 2 aromatic carbocycles. The minimum atomic E-state index is 0.0284. The van der Waals surface area contributed by atoms with Gasteiger partial charge in [-0.1, -0.05) is 31.2 Å². The lowest BCUT2D eigenvalue weighted by Gasteiger charge is -2.33. The molecule has 0 saturated heterocycles. The lowest BCUT2D eigenvalue weighted by atomic mass is 9.93. The number of nitrogens with two attached hydrogens (primary N) is 1. The molecular weight excluding hydrogens is 260 g/mol. The number of rotatable bonds is 1. The maximum Gasteiger partial charge on any atom is 0.258 e. The average Bonchev–Trinajstić information content (AvgIpc) is 2.48. The van der Waals surface area contributed by atoms with Gasteiger partial charge in [-0.25, -0.2) is 0 Å². The fraction of sp³-hybridized carbons (Fsp3) is 0.278. The van der Waals surface area contributed by atoms with Gasteiger partial charge in [-0.05, 0) is 48.6 Å². The zero-order valence-corrected chi connectivity index (χ0v) is 12.5. The van der Waals surface area contributed by atoms with Gasteiger partial charge in [0.15, 0.2) is 0 Å². The summed E-state index contributed by atoms with van der Waals surface area (Å²) in [7, 11) is 0. The highest BCUT2D eigenvalue weighted by molar-refractivity contribution is 6.07. The number of hydrogen-bond donors (Lipinski definition) is 1. The van der Waals surface area contributed by atoms with Crippen LogP contribution in [0.1, 0.15) is 28.4 Å².